The summed E-state index contributed by atoms with van der Waals surface area (Å²) in [6.07, 6.45) is -1.44. The quantitative estimate of drug-likeness (QED) is 0.708. The molecule has 0 amide bonds. The first-order chi connectivity index (χ1) is 12.5. The lowest BCUT2D eigenvalue weighted by Crippen LogP contribution is -2.42. The highest BCUT2D eigenvalue weighted by molar-refractivity contribution is 7.89. The lowest BCUT2D eigenvalue weighted by atomic mass is 10.1. The topological polar surface area (TPSA) is 110 Å². The molecule has 2 rings (SSSR count). The van der Waals surface area contributed by atoms with Crippen molar-refractivity contribution in [1.29, 1.82) is 0 Å². The van der Waals surface area contributed by atoms with Crippen molar-refractivity contribution in [2.75, 3.05) is 13.2 Å². The Morgan fingerprint density at radius 2 is 1.93 bits per heavy atom. The molecule has 1 aliphatic heterocycles. The molecule has 0 radical (unpaired) electrons. The molecule has 8 nitrogen and oxygen atoms in total. The van der Waals surface area contributed by atoms with Crippen LogP contribution in [0.15, 0.2) is 23.1 Å². The maximum absolute atomic E-state index is 13.0. The van der Waals surface area contributed by atoms with Crippen LogP contribution < -0.4 is 0 Å². The summed E-state index contributed by atoms with van der Waals surface area (Å²) in [5.74, 6) is -1.61. The third kappa shape index (κ3) is 5.06. The van der Waals surface area contributed by atoms with Crippen molar-refractivity contribution in [2.45, 2.75) is 57.3 Å². The molecule has 1 aromatic rings. The van der Waals surface area contributed by atoms with Gasteiger partial charge in [-0.05, 0) is 51.0 Å². The largest absolute Gasteiger partial charge is 0.460 e. The van der Waals surface area contributed by atoms with Crippen LogP contribution in [-0.2, 0) is 29.1 Å². The van der Waals surface area contributed by atoms with Crippen LogP contribution in [0.4, 0.5) is 0 Å². The molecule has 9 heteroatoms. The molecule has 0 aromatic heterocycles. The molecule has 1 fully saturated rings. The standard InChI is InChI=1S/C18H25NO7S/c1-11(2)26-17(21)10-25-18(22)16-8-14(20)9-19(16)27(23,24)15-6-5-12(3)13(4)7-15/h5-7,11,14,16,20H,8-10H2,1-4H3/t14?,16-/m0/s1. The van der Waals surface area contributed by atoms with E-state index in [1.165, 1.54) is 12.1 Å². The van der Waals surface area contributed by atoms with Crippen LogP contribution in [0, 0.1) is 13.8 Å². The van der Waals surface area contributed by atoms with Gasteiger partial charge in [0.15, 0.2) is 6.61 Å². The maximum Gasteiger partial charge on any atom is 0.344 e. The van der Waals surface area contributed by atoms with E-state index in [9.17, 15) is 23.1 Å². The van der Waals surface area contributed by atoms with E-state index in [0.29, 0.717) is 0 Å². The Morgan fingerprint density at radius 3 is 2.52 bits per heavy atom. The Balaban J connectivity index is 2.18. The number of hydrogen-bond acceptors (Lipinski definition) is 7. The molecule has 1 saturated heterocycles. The van der Waals surface area contributed by atoms with Crippen molar-refractivity contribution >= 4 is 22.0 Å². The van der Waals surface area contributed by atoms with Crippen molar-refractivity contribution in [3.05, 3.63) is 29.3 Å². The molecule has 1 N–H and O–H groups in total. The van der Waals surface area contributed by atoms with Crippen molar-refractivity contribution in [3.8, 4) is 0 Å². The van der Waals surface area contributed by atoms with Gasteiger partial charge in [0.25, 0.3) is 0 Å². The molecule has 2 atom stereocenters. The fourth-order valence-electron chi connectivity index (χ4n) is 2.80. The van der Waals surface area contributed by atoms with Crippen molar-refractivity contribution < 1.29 is 32.6 Å². The Hall–Kier alpha value is -1.97. The lowest BCUT2D eigenvalue weighted by molar-refractivity contribution is -0.162. The van der Waals surface area contributed by atoms with Gasteiger partial charge in [-0.2, -0.15) is 4.31 Å². The van der Waals surface area contributed by atoms with Crippen molar-refractivity contribution in [3.63, 3.8) is 0 Å². The summed E-state index contributed by atoms with van der Waals surface area (Å²) in [7, 11) is -4.01. The van der Waals surface area contributed by atoms with Gasteiger partial charge in [0.05, 0.1) is 17.1 Å². The molecule has 0 bridgehead atoms. The number of hydrogen-bond donors (Lipinski definition) is 1. The second-order valence-electron chi connectivity index (χ2n) is 6.87. The van der Waals surface area contributed by atoms with E-state index in [1.54, 1.807) is 26.8 Å². The number of benzene rings is 1. The van der Waals surface area contributed by atoms with Crippen molar-refractivity contribution in [2.24, 2.45) is 0 Å². The number of esters is 2. The molecular weight excluding hydrogens is 374 g/mol. The van der Waals surface area contributed by atoms with E-state index in [2.05, 4.69) is 0 Å². The third-order valence-corrected chi connectivity index (χ3v) is 6.16. The Kier molecular flexibility index (Phi) is 6.61. The average molecular weight is 399 g/mol. The monoisotopic (exact) mass is 399 g/mol. The number of carbonyl (C=O) groups excluding carboxylic acids is 2. The van der Waals surface area contributed by atoms with E-state index in [4.69, 9.17) is 9.47 Å². The Labute approximate surface area is 159 Å². The normalized spacial score (nSPS) is 20.7. The van der Waals surface area contributed by atoms with Gasteiger partial charge < -0.3 is 14.6 Å². The molecule has 1 aliphatic rings. The SMILES string of the molecule is Cc1ccc(S(=O)(=O)N2CC(O)C[C@H]2C(=O)OCC(=O)OC(C)C)cc1C. The molecule has 1 heterocycles. The number of rotatable bonds is 6. The summed E-state index contributed by atoms with van der Waals surface area (Å²) in [6.45, 7) is 6.14. The molecule has 150 valence electrons. The zero-order chi connectivity index (χ0) is 20.4. The summed E-state index contributed by atoms with van der Waals surface area (Å²) in [5, 5.41) is 9.92. The summed E-state index contributed by atoms with van der Waals surface area (Å²) >= 11 is 0. The predicted molar refractivity (Wildman–Crippen MR) is 96.4 cm³/mol. The fourth-order valence-corrected chi connectivity index (χ4v) is 4.51. The minimum absolute atomic E-state index is 0.0386. The number of aryl methyl sites for hydroxylation is 2. The zero-order valence-electron chi connectivity index (χ0n) is 15.8. The summed E-state index contributed by atoms with van der Waals surface area (Å²) in [4.78, 5) is 23.9. The summed E-state index contributed by atoms with van der Waals surface area (Å²) in [5.41, 5.74) is 1.74. The van der Waals surface area contributed by atoms with Crippen molar-refractivity contribution in [1.82, 2.24) is 4.31 Å². The second-order valence-corrected chi connectivity index (χ2v) is 8.76. The first-order valence-corrected chi connectivity index (χ1v) is 10.1. The number of β-amino-alcohol motifs (C(OH)–C–C–N with tert-alkyl or cyclic N) is 1. The van der Waals surface area contributed by atoms with Crippen LogP contribution >= 0.6 is 0 Å². The second kappa shape index (κ2) is 8.37. The molecule has 0 aliphatic carbocycles. The van der Waals surface area contributed by atoms with Gasteiger partial charge in [-0.25, -0.2) is 13.2 Å². The Bertz CT molecular complexity index is 819. The number of sulfonamides is 1. The summed E-state index contributed by atoms with van der Waals surface area (Å²) in [6, 6.07) is 3.48. The minimum Gasteiger partial charge on any atom is -0.460 e. The van der Waals surface area contributed by atoms with Crippen LogP contribution in [0.25, 0.3) is 0 Å². The predicted octanol–water partition coefficient (Wildman–Crippen LogP) is 0.922. The van der Waals surface area contributed by atoms with Gasteiger partial charge in [0, 0.05) is 13.0 Å². The number of ether oxygens (including phenoxy) is 2. The number of carbonyl (C=O) groups is 2. The number of aliphatic hydroxyl groups excluding tert-OH is 1. The van der Waals surface area contributed by atoms with Crippen LogP contribution in [0.2, 0.25) is 0 Å². The average Bonchev–Trinajstić information content (AvgIpc) is 2.97. The molecule has 0 saturated carbocycles. The first kappa shape index (κ1) is 21.3. The summed E-state index contributed by atoms with van der Waals surface area (Å²) < 4.78 is 36.6. The van der Waals surface area contributed by atoms with Crippen LogP contribution in [0.5, 0.6) is 0 Å². The highest BCUT2D eigenvalue weighted by Crippen LogP contribution is 2.28. The van der Waals surface area contributed by atoms with Gasteiger partial charge in [-0.3, -0.25) is 4.79 Å². The van der Waals surface area contributed by atoms with Gasteiger partial charge in [-0.15, -0.1) is 0 Å². The molecular formula is C18H25NO7S. The van der Waals surface area contributed by atoms with Crippen LogP contribution in [0.3, 0.4) is 0 Å². The van der Waals surface area contributed by atoms with Gasteiger partial charge in [0.1, 0.15) is 6.04 Å². The van der Waals surface area contributed by atoms with Crippen LogP contribution in [-0.4, -0.2) is 61.2 Å². The Morgan fingerprint density at radius 1 is 1.26 bits per heavy atom. The van der Waals surface area contributed by atoms with E-state index in [-0.39, 0.29) is 24.0 Å². The van der Waals surface area contributed by atoms with Gasteiger partial charge in [-0.1, -0.05) is 6.07 Å². The highest BCUT2D eigenvalue weighted by atomic mass is 32.2. The van der Waals surface area contributed by atoms with E-state index in [1.807, 2.05) is 6.92 Å². The van der Waals surface area contributed by atoms with E-state index in [0.717, 1.165) is 15.4 Å². The maximum atomic E-state index is 13.0. The van der Waals surface area contributed by atoms with Gasteiger partial charge in [0.2, 0.25) is 10.0 Å². The fraction of sp³-hybridized carbons (Fsp3) is 0.556. The minimum atomic E-state index is -4.01. The van der Waals surface area contributed by atoms with E-state index < -0.39 is 40.7 Å². The number of aliphatic hydroxyl groups is 1. The third-order valence-electron chi connectivity index (χ3n) is 4.29. The van der Waals surface area contributed by atoms with Gasteiger partial charge >= 0.3 is 11.9 Å². The number of nitrogens with zero attached hydrogens (tertiary/aromatic N) is 1. The highest BCUT2D eigenvalue weighted by Gasteiger charge is 2.44. The lowest BCUT2D eigenvalue weighted by Gasteiger charge is -2.22. The molecule has 0 spiro atoms. The molecule has 1 aromatic carbocycles. The van der Waals surface area contributed by atoms with Crippen LogP contribution in [0.1, 0.15) is 31.4 Å². The van der Waals surface area contributed by atoms with E-state index >= 15 is 0 Å². The smallest absolute Gasteiger partial charge is 0.344 e. The molecule has 1 unspecified atom stereocenters. The molecule has 27 heavy (non-hydrogen) atoms. The zero-order valence-corrected chi connectivity index (χ0v) is 16.7. The first-order valence-electron chi connectivity index (χ1n) is 8.65.